The zero-order chi connectivity index (χ0) is 14.2. The third kappa shape index (κ3) is 4.14. The Hall–Kier alpha value is -1.73. The van der Waals surface area contributed by atoms with E-state index in [1.165, 1.54) is 0 Å². The van der Waals surface area contributed by atoms with Crippen molar-refractivity contribution < 1.29 is 4.79 Å². The van der Waals surface area contributed by atoms with Gasteiger partial charge in [0.2, 0.25) is 5.91 Å². The van der Waals surface area contributed by atoms with Gasteiger partial charge < -0.3 is 5.32 Å². The third-order valence-corrected chi connectivity index (χ3v) is 4.33. The van der Waals surface area contributed by atoms with Crippen LogP contribution in [0.5, 0.6) is 0 Å². The number of hydrogen-bond donors (Lipinski definition) is 1. The third-order valence-electron chi connectivity index (χ3n) is 3.26. The van der Waals surface area contributed by atoms with Crippen molar-refractivity contribution in [3.05, 3.63) is 36.4 Å². The second-order valence-electron chi connectivity index (χ2n) is 4.72. The molecule has 3 nitrogen and oxygen atoms in total. The van der Waals surface area contributed by atoms with Gasteiger partial charge in [-0.05, 0) is 31.4 Å². The average Bonchev–Trinajstić information content (AvgIpc) is 2.50. The van der Waals surface area contributed by atoms with E-state index in [0.717, 1.165) is 35.6 Å². The van der Waals surface area contributed by atoms with Crippen molar-refractivity contribution in [2.45, 2.75) is 30.6 Å². The summed E-state index contributed by atoms with van der Waals surface area (Å²) in [6, 6.07) is 9.91. The van der Waals surface area contributed by atoms with Crippen LogP contribution in [0.15, 0.2) is 41.3 Å². The molecule has 0 radical (unpaired) electrons. The van der Waals surface area contributed by atoms with E-state index < -0.39 is 0 Å². The monoisotopic (exact) mass is 286 g/mol. The van der Waals surface area contributed by atoms with Crippen LogP contribution in [0, 0.1) is 17.2 Å². The Morgan fingerprint density at radius 2 is 2.25 bits per heavy atom. The largest absolute Gasteiger partial charge is 0.325 e. The topological polar surface area (TPSA) is 52.9 Å². The van der Waals surface area contributed by atoms with Crippen molar-refractivity contribution in [1.82, 2.24) is 0 Å². The Morgan fingerprint density at radius 1 is 1.40 bits per heavy atom. The molecule has 1 aromatic carbocycles. The number of para-hydroxylation sites is 1. The van der Waals surface area contributed by atoms with Gasteiger partial charge in [-0.2, -0.15) is 5.26 Å². The average molecular weight is 286 g/mol. The molecule has 1 N–H and O–H groups in total. The number of allylic oxidation sites excluding steroid dienone is 2. The quantitative estimate of drug-likeness (QED) is 0.506. The number of amides is 1. The highest BCUT2D eigenvalue weighted by atomic mass is 32.2. The standard InChI is InChI=1S/C16H18N2OS/c17-11-6-12-20-15-10-5-4-9-14(15)18-16(19)13-7-2-1-3-8-13/h1-2,4-5,9-10,13H,3,6-8,12H2,(H,18,19). The summed E-state index contributed by atoms with van der Waals surface area (Å²) in [5.41, 5.74) is 0.856. The highest BCUT2D eigenvalue weighted by molar-refractivity contribution is 7.99. The lowest BCUT2D eigenvalue weighted by molar-refractivity contribution is -0.120. The Labute approximate surface area is 124 Å². The maximum atomic E-state index is 12.2. The summed E-state index contributed by atoms with van der Waals surface area (Å²) in [6.45, 7) is 0. The highest BCUT2D eigenvalue weighted by Gasteiger charge is 2.19. The normalized spacial score (nSPS) is 17.4. The molecule has 0 bridgehead atoms. The predicted molar refractivity (Wildman–Crippen MR) is 82.5 cm³/mol. The first-order valence-corrected chi connectivity index (χ1v) is 7.84. The number of carbonyl (C=O) groups excluding carboxylic acids is 1. The maximum absolute atomic E-state index is 12.2. The molecule has 0 saturated carbocycles. The summed E-state index contributed by atoms with van der Waals surface area (Å²) in [5, 5.41) is 11.6. The molecule has 1 atom stereocenters. The minimum atomic E-state index is 0.0807. The van der Waals surface area contributed by atoms with E-state index in [4.69, 9.17) is 5.26 Å². The molecule has 1 aromatic rings. The lowest BCUT2D eigenvalue weighted by Gasteiger charge is -2.18. The number of rotatable bonds is 5. The molecule has 20 heavy (non-hydrogen) atoms. The van der Waals surface area contributed by atoms with Crippen LogP contribution in [0.25, 0.3) is 0 Å². The molecule has 0 aliphatic heterocycles. The zero-order valence-corrected chi connectivity index (χ0v) is 12.2. The van der Waals surface area contributed by atoms with Crippen molar-refractivity contribution >= 4 is 23.4 Å². The van der Waals surface area contributed by atoms with Crippen LogP contribution in [0.3, 0.4) is 0 Å². The fraction of sp³-hybridized carbons (Fsp3) is 0.375. The van der Waals surface area contributed by atoms with Crippen molar-refractivity contribution in [2.75, 3.05) is 11.1 Å². The molecule has 2 rings (SSSR count). The van der Waals surface area contributed by atoms with Gasteiger partial charge >= 0.3 is 0 Å². The summed E-state index contributed by atoms with van der Waals surface area (Å²) in [6.07, 6.45) is 7.47. The molecule has 1 amide bonds. The van der Waals surface area contributed by atoms with Crippen molar-refractivity contribution in [2.24, 2.45) is 5.92 Å². The molecular weight excluding hydrogens is 268 g/mol. The second kappa shape index (κ2) is 7.76. The number of nitrogens with zero attached hydrogens (tertiary/aromatic N) is 1. The number of nitrogens with one attached hydrogen (secondary N) is 1. The van der Waals surface area contributed by atoms with Gasteiger partial charge in [-0.15, -0.1) is 11.8 Å². The predicted octanol–water partition coefficient (Wildman–Crippen LogP) is 3.99. The molecule has 1 unspecified atom stereocenters. The van der Waals surface area contributed by atoms with Gasteiger partial charge in [0.15, 0.2) is 0 Å². The first-order chi connectivity index (χ1) is 9.81. The van der Waals surface area contributed by atoms with Gasteiger partial charge in [-0.25, -0.2) is 0 Å². The summed E-state index contributed by atoms with van der Waals surface area (Å²) in [5.74, 6) is 0.926. The van der Waals surface area contributed by atoms with Crippen LogP contribution in [0.4, 0.5) is 5.69 Å². The van der Waals surface area contributed by atoms with E-state index in [1.807, 2.05) is 24.3 Å². The molecule has 0 aromatic heterocycles. The number of carbonyl (C=O) groups is 1. The molecular formula is C16H18N2OS. The number of hydrogen-bond acceptors (Lipinski definition) is 3. The van der Waals surface area contributed by atoms with E-state index in [1.54, 1.807) is 11.8 Å². The van der Waals surface area contributed by atoms with Crippen LogP contribution in [0.1, 0.15) is 25.7 Å². The van der Waals surface area contributed by atoms with Gasteiger partial charge in [0.1, 0.15) is 0 Å². The van der Waals surface area contributed by atoms with Gasteiger partial charge in [0.05, 0.1) is 11.8 Å². The fourth-order valence-electron chi connectivity index (χ4n) is 2.17. The number of benzene rings is 1. The summed E-state index contributed by atoms with van der Waals surface area (Å²) in [7, 11) is 0. The summed E-state index contributed by atoms with van der Waals surface area (Å²) in [4.78, 5) is 13.3. The molecule has 0 heterocycles. The fourth-order valence-corrected chi connectivity index (χ4v) is 3.03. The van der Waals surface area contributed by atoms with Gasteiger partial charge in [-0.3, -0.25) is 4.79 Å². The maximum Gasteiger partial charge on any atom is 0.227 e. The lowest BCUT2D eigenvalue weighted by atomic mass is 9.93. The minimum absolute atomic E-state index is 0.0807. The zero-order valence-electron chi connectivity index (χ0n) is 11.3. The SMILES string of the molecule is N#CCCSc1ccccc1NC(=O)C1CC=CCC1. The smallest absolute Gasteiger partial charge is 0.227 e. The second-order valence-corrected chi connectivity index (χ2v) is 5.86. The van der Waals surface area contributed by atoms with Crippen molar-refractivity contribution in [1.29, 1.82) is 5.26 Å². The van der Waals surface area contributed by atoms with Crippen molar-refractivity contribution in [3.63, 3.8) is 0 Å². The van der Waals surface area contributed by atoms with Crippen LogP contribution in [0.2, 0.25) is 0 Å². The van der Waals surface area contributed by atoms with Crippen molar-refractivity contribution in [3.8, 4) is 6.07 Å². The summed E-state index contributed by atoms with van der Waals surface area (Å²) >= 11 is 1.61. The van der Waals surface area contributed by atoms with Gasteiger partial charge in [-0.1, -0.05) is 24.3 Å². The molecule has 0 spiro atoms. The van der Waals surface area contributed by atoms with E-state index in [0.29, 0.717) is 6.42 Å². The van der Waals surface area contributed by atoms with E-state index in [-0.39, 0.29) is 11.8 Å². The first-order valence-electron chi connectivity index (χ1n) is 6.86. The van der Waals surface area contributed by atoms with E-state index in [2.05, 4.69) is 23.5 Å². The Balaban J connectivity index is 1.99. The lowest BCUT2D eigenvalue weighted by Crippen LogP contribution is -2.23. The van der Waals surface area contributed by atoms with Gasteiger partial charge in [0.25, 0.3) is 0 Å². The van der Waals surface area contributed by atoms with E-state index in [9.17, 15) is 4.79 Å². The Morgan fingerprint density at radius 3 is 3.00 bits per heavy atom. The first kappa shape index (κ1) is 14.7. The molecule has 104 valence electrons. The van der Waals surface area contributed by atoms with Crippen LogP contribution in [-0.4, -0.2) is 11.7 Å². The summed E-state index contributed by atoms with van der Waals surface area (Å²) < 4.78 is 0. The minimum Gasteiger partial charge on any atom is -0.325 e. The number of nitriles is 1. The molecule has 0 saturated heterocycles. The molecule has 1 aliphatic rings. The Kier molecular flexibility index (Phi) is 5.69. The van der Waals surface area contributed by atoms with Crippen LogP contribution in [-0.2, 0) is 4.79 Å². The van der Waals surface area contributed by atoms with Crippen LogP contribution < -0.4 is 5.32 Å². The molecule has 0 fully saturated rings. The number of anilines is 1. The number of thioether (sulfide) groups is 1. The van der Waals surface area contributed by atoms with Crippen LogP contribution >= 0.6 is 11.8 Å². The Bertz CT molecular complexity index is 534. The molecule has 4 heteroatoms. The van der Waals surface area contributed by atoms with E-state index >= 15 is 0 Å². The van der Waals surface area contributed by atoms with Gasteiger partial charge in [0, 0.05) is 23.0 Å². The molecule has 1 aliphatic carbocycles. The highest BCUT2D eigenvalue weighted by Crippen LogP contribution is 2.28.